The number of aromatic amines is 2. The molecule has 17 heavy (non-hydrogen) atoms. The molecule has 0 amide bonds. The Morgan fingerprint density at radius 2 is 2.06 bits per heavy atom. The molecule has 2 aromatic rings. The van der Waals surface area contributed by atoms with Crippen LogP contribution in [0.3, 0.4) is 0 Å². The first-order chi connectivity index (χ1) is 7.45. The van der Waals surface area contributed by atoms with Crippen molar-refractivity contribution in [2.75, 3.05) is 0 Å². The van der Waals surface area contributed by atoms with E-state index in [1.807, 2.05) is 12.4 Å². The van der Waals surface area contributed by atoms with E-state index < -0.39 is 0 Å². The van der Waals surface area contributed by atoms with Gasteiger partial charge in [0.1, 0.15) is 12.4 Å². The average molecular weight is 253 g/mol. The number of aryl methyl sites for hydroxylation is 1. The second-order valence-corrected chi connectivity index (χ2v) is 4.18. The highest BCUT2D eigenvalue weighted by Crippen LogP contribution is 2.33. The summed E-state index contributed by atoms with van der Waals surface area (Å²) in [5, 5.41) is 0. The van der Waals surface area contributed by atoms with E-state index in [-0.39, 0.29) is 17.9 Å². The number of fused-ring (bicyclic) bond motifs is 1. The van der Waals surface area contributed by atoms with E-state index in [2.05, 4.69) is 34.2 Å². The summed E-state index contributed by atoms with van der Waals surface area (Å²) in [6.07, 6.45) is 7.69. The van der Waals surface area contributed by atoms with E-state index in [9.17, 15) is 0 Å². The Hall–Kier alpha value is -1.32. The van der Waals surface area contributed by atoms with Crippen molar-refractivity contribution in [1.29, 1.82) is 0 Å². The van der Waals surface area contributed by atoms with Gasteiger partial charge in [-0.05, 0) is 30.4 Å². The smallest absolute Gasteiger partial charge is 0.259 e. The molecule has 1 atom stereocenters. The third-order valence-corrected chi connectivity index (χ3v) is 3.28. The van der Waals surface area contributed by atoms with Crippen LogP contribution >= 0.6 is 0 Å². The maximum absolute atomic E-state index is 3.29. The van der Waals surface area contributed by atoms with Gasteiger partial charge in [0.15, 0.2) is 0 Å². The predicted octanol–water partition coefficient (Wildman–Crippen LogP) is -1.52. The van der Waals surface area contributed by atoms with Gasteiger partial charge in [0, 0.05) is 0 Å². The minimum Gasteiger partial charge on any atom is -1.00 e. The van der Waals surface area contributed by atoms with E-state index in [1.165, 1.54) is 36.2 Å². The van der Waals surface area contributed by atoms with Crippen LogP contribution in [0.15, 0.2) is 36.7 Å². The van der Waals surface area contributed by atoms with Crippen molar-refractivity contribution in [2.45, 2.75) is 25.2 Å². The Balaban J connectivity index is 0.000000722. The van der Waals surface area contributed by atoms with Gasteiger partial charge in [0.05, 0.1) is 5.92 Å². The quantitative estimate of drug-likeness (QED) is 0.641. The van der Waals surface area contributed by atoms with E-state index in [0.717, 1.165) is 0 Å². The Kier molecular flexibility index (Phi) is 4.73. The Morgan fingerprint density at radius 3 is 2.82 bits per heavy atom. The molecule has 0 radical (unpaired) electrons. The standard InChI is InChI=1S/C13H14N2.ClH.H2O/c1-2-6-11-10(4-1)5-3-7-12(11)13-14-8-9-15-13;;/h1-2,4,6,8-9,12H,3,5,7H2,(H,14,15);1H;1H2/t12-;;/m0../s1. The minimum atomic E-state index is 0. The highest BCUT2D eigenvalue weighted by Gasteiger charge is 2.26. The Bertz CT molecular complexity index is 456. The number of halogens is 1. The zero-order valence-electron chi connectivity index (χ0n) is 9.54. The lowest BCUT2D eigenvalue weighted by Gasteiger charge is -2.21. The zero-order chi connectivity index (χ0) is 10.1. The molecule has 0 aliphatic heterocycles. The lowest BCUT2D eigenvalue weighted by Crippen LogP contribution is -3.00. The van der Waals surface area contributed by atoms with Crippen LogP contribution in [0.1, 0.15) is 35.7 Å². The molecule has 0 spiro atoms. The predicted molar refractivity (Wildman–Crippen MR) is 62.2 cm³/mol. The average Bonchev–Trinajstić information content (AvgIpc) is 2.82. The molecule has 1 aliphatic carbocycles. The molecular formula is C13H17ClN2O. The molecule has 1 aromatic heterocycles. The lowest BCUT2D eigenvalue weighted by molar-refractivity contribution is -0.390. The van der Waals surface area contributed by atoms with Crippen LogP contribution in [0.5, 0.6) is 0 Å². The van der Waals surface area contributed by atoms with E-state index >= 15 is 0 Å². The van der Waals surface area contributed by atoms with Crippen LogP contribution in [0, 0.1) is 0 Å². The second-order valence-electron chi connectivity index (χ2n) is 4.18. The molecule has 1 aromatic carbocycles. The molecule has 92 valence electrons. The molecule has 3 rings (SSSR count). The number of nitrogens with one attached hydrogen (secondary N) is 2. The van der Waals surface area contributed by atoms with Gasteiger partial charge in [0.25, 0.3) is 5.82 Å². The van der Waals surface area contributed by atoms with Crippen molar-refractivity contribution in [3.63, 3.8) is 0 Å². The summed E-state index contributed by atoms with van der Waals surface area (Å²) in [4.78, 5) is 6.58. The van der Waals surface area contributed by atoms with Crippen molar-refractivity contribution >= 4 is 0 Å². The normalized spacial score (nSPS) is 17.5. The summed E-state index contributed by atoms with van der Waals surface area (Å²) >= 11 is 0. The van der Waals surface area contributed by atoms with Gasteiger partial charge >= 0.3 is 0 Å². The zero-order valence-corrected chi connectivity index (χ0v) is 10.3. The molecule has 4 heteroatoms. The number of imidazole rings is 1. The monoisotopic (exact) mass is 252 g/mol. The fourth-order valence-electron chi connectivity index (χ4n) is 2.56. The first-order valence-corrected chi connectivity index (χ1v) is 5.58. The Morgan fingerprint density at radius 1 is 1.24 bits per heavy atom. The van der Waals surface area contributed by atoms with Crippen LogP contribution < -0.4 is 17.4 Å². The maximum atomic E-state index is 3.29. The van der Waals surface area contributed by atoms with E-state index in [1.54, 1.807) is 0 Å². The molecule has 0 bridgehead atoms. The summed E-state index contributed by atoms with van der Waals surface area (Å²) in [6.45, 7) is 0. The topological polar surface area (TPSA) is 61.4 Å². The molecule has 1 heterocycles. The summed E-state index contributed by atoms with van der Waals surface area (Å²) in [7, 11) is 0. The largest absolute Gasteiger partial charge is 1.00 e. The number of H-pyrrole nitrogens is 2. The highest BCUT2D eigenvalue weighted by atomic mass is 35.5. The lowest BCUT2D eigenvalue weighted by atomic mass is 9.82. The summed E-state index contributed by atoms with van der Waals surface area (Å²) in [5.74, 6) is 1.77. The third-order valence-electron chi connectivity index (χ3n) is 3.28. The molecular weight excluding hydrogens is 236 g/mol. The first kappa shape index (κ1) is 13.7. The van der Waals surface area contributed by atoms with Gasteiger partial charge in [-0.2, -0.15) is 0 Å². The first-order valence-electron chi connectivity index (χ1n) is 5.58. The number of aromatic nitrogens is 2. The molecule has 0 unspecified atom stereocenters. The number of benzene rings is 1. The molecule has 0 fully saturated rings. The minimum absolute atomic E-state index is 0. The number of hydrogen-bond acceptors (Lipinski definition) is 0. The fourth-order valence-corrected chi connectivity index (χ4v) is 2.56. The molecule has 1 aliphatic rings. The van der Waals surface area contributed by atoms with Crippen LogP contribution in [0.25, 0.3) is 0 Å². The van der Waals surface area contributed by atoms with E-state index in [0.29, 0.717) is 5.92 Å². The van der Waals surface area contributed by atoms with Gasteiger partial charge in [-0.15, -0.1) is 0 Å². The highest BCUT2D eigenvalue weighted by molar-refractivity contribution is 5.35. The molecule has 0 saturated heterocycles. The number of hydrogen-bond donors (Lipinski definition) is 1. The van der Waals surface area contributed by atoms with Gasteiger partial charge in [-0.1, -0.05) is 24.3 Å². The van der Waals surface area contributed by atoms with Gasteiger partial charge in [0.2, 0.25) is 0 Å². The molecule has 3 nitrogen and oxygen atoms in total. The third kappa shape index (κ3) is 2.51. The van der Waals surface area contributed by atoms with Crippen molar-refractivity contribution in [2.24, 2.45) is 0 Å². The van der Waals surface area contributed by atoms with Crippen molar-refractivity contribution in [3.8, 4) is 0 Å². The summed E-state index contributed by atoms with van der Waals surface area (Å²) in [6, 6.07) is 8.79. The van der Waals surface area contributed by atoms with Crippen LogP contribution in [-0.2, 0) is 6.42 Å². The summed E-state index contributed by atoms with van der Waals surface area (Å²) < 4.78 is 0. The van der Waals surface area contributed by atoms with Crippen molar-refractivity contribution in [1.82, 2.24) is 4.98 Å². The van der Waals surface area contributed by atoms with Crippen LogP contribution in [-0.4, -0.2) is 10.5 Å². The second kappa shape index (κ2) is 5.84. The van der Waals surface area contributed by atoms with Crippen LogP contribution in [0.4, 0.5) is 0 Å². The van der Waals surface area contributed by atoms with E-state index in [4.69, 9.17) is 0 Å². The number of rotatable bonds is 1. The molecule has 4 N–H and O–H groups in total. The van der Waals surface area contributed by atoms with Gasteiger partial charge in [-0.25, -0.2) is 9.97 Å². The van der Waals surface area contributed by atoms with Crippen LogP contribution in [0.2, 0.25) is 0 Å². The Labute approximate surface area is 107 Å². The van der Waals surface area contributed by atoms with Gasteiger partial charge < -0.3 is 17.9 Å². The fraction of sp³-hybridized carbons (Fsp3) is 0.308. The van der Waals surface area contributed by atoms with Crippen molar-refractivity contribution < 1.29 is 22.9 Å². The van der Waals surface area contributed by atoms with Gasteiger partial charge in [-0.3, -0.25) is 0 Å². The SMILES string of the molecule is O.[Cl-].c1ccc2c(c1)CCC[C@@H]2c1[nH]cc[nH+]1. The van der Waals surface area contributed by atoms with Crippen molar-refractivity contribution in [3.05, 3.63) is 53.6 Å². The summed E-state index contributed by atoms with van der Waals surface area (Å²) in [5.41, 5.74) is 3.00. The molecule has 0 saturated carbocycles. The maximum Gasteiger partial charge on any atom is 0.259 e.